The maximum absolute atomic E-state index is 12.9. The summed E-state index contributed by atoms with van der Waals surface area (Å²) in [5.74, 6) is -6.43. The quantitative estimate of drug-likeness (QED) is 0.107. The Morgan fingerprint density at radius 3 is 2.09 bits per heavy atom. The second-order valence-corrected chi connectivity index (χ2v) is 7.56. The van der Waals surface area contributed by atoms with Crippen molar-refractivity contribution in [1.82, 2.24) is 25.9 Å². The number of aromatic amines is 1. The SMILES string of the molecule is NC(=O)CCC(NC(=O)C(N)CS)C(=O)NC(Cc1cnc[nH]1)C(=O)NC(CC(=O)O)C(=O)O. The molecule has 0 saturated carbocycles. The number of rotatable bonds is 15. The van der Waals surface area contributed by atoms with E-state index in [1.807, 2.05) is 0 Å². The zero-order valence-corrected chi connectivity index (χ0v) is 18.8. The van der Waals surface area contributed by atoms with Crippen LogP contribution in [-0.2, 0) is 35.2 Å². The van der Waals surface area contributed by atoms with Gasteiger partial charge in [-0.3, -0.25) is 24.0 Å². The Balaban J connectivity index is 3.08. The Labute approximate surface area is 198 Å². The Bertz CT molecular complexity index is 895. The minimum absolute atomic E-state index is 0.0268. The lowest BCUT2D eigenvalue weighted by Gasteiger charge is -2.24. The number of aliphatic carboxylic acids is 2. The summed E-state index contributed by atoms with van der Waals surface area (Å²) in [6.45, 7) is 0. The van der Waals surface area contributed by atoms with E-state index in [2.05, 4.69) is 38.5 Å². The van der Waals surface area contributed by atoms with Crippen molar-refractivity contribution in [2.45, 2.75) is 49.9 Å². The van der Waals surface area contributed by atoms with Crippen LogP contribution in [0.15, 0.2) is 12.5 Å². The van der Waals surface area contributed by atoms with Crippen LogP contribution in [0.5, 0.6) is 0 Å². The number of carboxylic acid groups (broad SMARTS) is 2. The highest BCUT2D eigenvalue weighted by molar-refractivity contribution is 7.80. The van der Waals surface area contributed by atoms with E-state index >= 15 is 0 Å². The zero-order valence-electron chi connectivity index (χ0n) is 17.9. The summed E-state index contributed by atoms with van der Waals surface area (Å²) >= 11 is 3.90. The molecule has 0 fully saturated rings. The summed E-state index contributed by atoms with van der Waals surface area (Å²) in [5.41, 5.74) is 11.1. The first-order chi connectivity index (χ1) is 15.9. The second-order valence-electron chi connectivity index (χ2n) is 7.19. The lowest BCUT2D eigenvalue weighted by Crippen LogP contribution is -2.58. The van der Waals surface area contributed by atoms with Crippen LogP contribution in [0, 0.1) is 0 Å². The molecule has 0 saturated heterocycles. The van der Waals surface area contributed by atoms with Gasteiger partial charge < -0.3 is 42.6 Å². The highest BCUT2D eigenvalue weighted by atomic mass is 32.1. The highest BCUT2D eigenvalue weighted by Gasteiger charge is 2.31. The van der Waals surface area contributed by atoms with Crippen molar-refractivity contribution < 1.29 is 39.0 Å². The molecule has 0 spiro atoms. The molecule has 1 heterocycles. The average Bonchev–Trinajstić information content (AvgIpc) is 3.27. The molecule has 0 aliphatic carbocycles. The van der Waals surface area contributed by atoms with E-state index in [9.17, 15) is 33.9 Å². The summed E-state index contributed by atoms with van der Waals surface area (Å²) in [5, 5.41) is 24.8. The number of primary amides is 1. The van der Waals surface area contributed by atoms with Gasteiger partial charge in [-0.2, -0.15) is 12.6 Å². The minimum Gasteiger partial charge on any atom is -0.481 e. The Morgan fingerprint density at radius 2 is 1.59 bits per heavy atom. The predicted octanol–water partition coefficient (Wildman–Crippen LogP) is -3.51. The van der Waals surface area contributed by atoms with Crippen LogP contribution in [0.3, 0.4) is 0 Å². The van der Waals surface area contributed by atoms with Gasteiger partial charge in [0.1, 0.15) is 18.1 Å². The molecule has 0 bridgehead atoms. The molecule has 1 aromatic heterocycles. The number of carbonyl (C=O) groups excluding carboxylic acids is 4. The third-order valence-electron chi connectivity index (χ3n) is 4.45. The fourth-order valence-electron chi connectivity index (χ4n) is 2.66. The Hall–Kier alpha value is -3.66. The van der Waals surface area contributed by atoms with E-state index in [0.29, 0.717) is 5.69 Å². The number of hydrogen-bond donors (Lipinski definition) is 9. The number of aromatic nitrogens is 2. The van der Waals surface area contributed by atoms with Crippen LogP contribution in [0.1, 0.15) is 25.0 Å². The van der Waals surface area contributed by atoms with Crippen molar-refractivity contribution in [2.75, 3.05) is 5.75 Å². The van der Waals surface area contributed by atoms with Gasteiger partial charge in [-0.15, -0.1) is 0 Å². The van der Waals surface area contributed by atoms with Gasteiger partial charge in [-0.25, -0.2) is 9.78 Å². The number of thiol groups is 1. The molecule has 0 aliphatic rings. The molecule has 0 aliphatic heterocycles. The van der Waals surface area contributed by atoms with Crippen LogP contribution in [0.25, 0.3) is 0 Å². The predicted molar refractivity (Wildman–Crippen MR) is 118 cm³/mol. The first-order valence-corrected chi connectivity index (χ1v) is 10.6. The van der Waals surface area contributed by atoms with E-state index in [0.717, 1.165) is 0 Å². The van der Waals surface area contributed by atoms with Crippen LogP contribution in [0.4, 0.5) is 0 Å². The molecule has 10 N–H and O–H groups in total. The summed E-state index contributed by atoms with van der Waals surface area (Å²) in [6.07, 6.45) is 1.11. The Morgan fingerprint density at radius 1 is 1.00 bits per heavy atom. The molecule has 34 heavy (non-hydrogen) atoms. The van der Waals surface area contributed by atoms with Gasteiger partial charge in [0.2, 0.25) is 23.6 Å². The maximum Gasteiger partial charge on any atom is 0.326 e. The summed E-state index contributed by atoms with van der Waals surface area (Å²) in [7, 11) is 0. The number of carboxylic acids is 2. The van der Waals surface area contributed by atoms with Gasteiger partial charge in [0.15, 0.2) is 0 Å². The zero-order chi connectivity index (χ0) is 25.8. The number of nitrogens with two attached hydrogens (primary N) is 2. The van der Waals surface area contributed by atoms with Gasteiger partial charge >= 0.3 is 11.9 Å². The lowest BCUT2D eigenvalue weighted by molar-refractivity contribution is -0.147. The number of carbonyl (C=O) groups is 6. The first kappa shape index (κ1) is 28.4. The van der Waals surface area contributed by atoms with E-state index < -0.39 is 66.2 Å². The van der Waals surface area contributed by atoms with Gasteiger partial charge in [-0.1, -0.05) is 0 Å². The average molecular weight is 502 g/mol. The van der Waals surface area contributed by atoms with Gasteiger partial charge in [-0.05, 0) is 6.42 Å². The van der Waals surface area contributed by atoms with Gasteiger partial charge in [0.05, 0.1) is 18.8 Å². The molecule has 188 valence electrons. The maximum atomic E-state index is 12.9. The van der Waals surface area contributed by atoms with Crippen molar-refractivity contribution in [3.8, 4) is 0 Å². The third kappa shape index (κ3) is 9.86. The van der Waals surface area contributed by atoms with Crippen LogP contribution in [-0.4, -0.2) is 85.7 Å². The van der Waals surface area contributed by atoms with Gasteiger partial charge in [0, 0.05) is 30.5 Å². The number of hydrogen-bond acceptors (Lipinski definition) is 9. The smallest absolute Gasteiger partial charge is 0.326 e. The Kier molecular flexibility index (Phi) is 11.5. The molecule has 1 rings (SSSR count). The summed E-state index contributed by atoms with van der Waals surface area (Å²) in [4.78, 5) is 77.7. The fraction of sp³-hybridized carbons (Fsp3) is 0.500. The van der Waals surface area contributed by atoms with Crippen LogP contribution >= 0.6 is 12.6 Å². The molecule has 0 radical (unpaired) electrons. The monoisotopic (exact) mass is 501 g/mol. The first-order valence-electron chi connectivity index (χ1n) is 9.92. The van der Waals surface area contributed by atoms with Gasteiger partial charge in [0.25, 0.3) is 0 Å². The van der Waals surface area contributed by atoms with Crippen LogP contribution in [0.2, 0.25) is 0 Å². The molecule has 4 atom stereocenters. The van der Waals surface area contributed by atoms with E-state index in [1.54, 1.807) is 0 Å². The van der Waals surface area contributed by atoms with Crippen molar-refractivity contribution in [3.63, 3.8) is 0 Å². The third-order valence-corrected chi connectivity index (χ3v) is 4.84. The topological polar surface area (TPSA) is 260 Å². The number of imidazole rings is 1. The molecule has 16 heteroatoms. The number of nitrogens with zero attached hydrogens (tertiary/aromatic N) is 1. The molecule has 1 aromatic rings. The van der Waals surface area contributed by atoms with Crippen molar-refractivity contribution in [2.24, 2.45) is 11.5 Å². The number of H-pyrrole nitrogens is 1. The van der Waals surface area contributed by atoms with Crippen molar-refractivity contribution in [1.29, 1.82) is 0 Å². The normalized spacial score (nSPS) is 14.2. The van der Waals surface area contributed by atoms with E-state index in [4.69, 9.17) is 16.6 Å². The molecule has 4 amide bonds. The molecule has 15 nitrogen and oxygen atoms in total. The standard InChI is InChI=1S/C18H27N7O8S/c19-9(6-34)15(29)23-10(1-2-13(20)26)16(30)24-11(3-8-5-21-7-22-8)17(31)25-12(18(32)33)4-14(27)28/h5,7,9-12,34H,1-4,6,19H2,(H2,20,26)(H,21,22)(H,23,29)(H,24,30)(H,25,31)(H,27,28)(H,32,33). The highest BCUT2D eigenvalue weighted by Crippen LogP contribution is 2.05. The van der Waals surface area contributed by atoms with Crippen molar-refractivity contribution in [3.05, 3.63) is 18.2 Å². The minimum atomic E-state index is -1.76. The van der Waals surface area contributed by atoms with E-state index in [-0.39, 0.29) is 25.0 Å². The second kappa shape index (κ2) is 13.8. The molecular weight excluding hydrogens is 474 g/mol. The number of nitrogens with one attached hydrogen (secondary N) is 4. The molecule has 4 unspecified atom stereocenters. The van der Waals surface area contributed by atoms with Crippen molar-refractivity contribution >= 4 is 48.2 Å². The van der Waals surface area contributed by atoms with Crippen LogP contribution < -0.4 is 27.4 Å². The summed E-state index contributed by atoms with van der Waals surface area (Å²) in [6, 6.07) is -5.51. The molecular formula is C18H27N7O8S. The summed E-state index contributed by atoms with van der Waals surface area (Å²) < 4.78 is 0. The fourth-order valence-corrected chi connectivity index (χ4v) is 2.83. The van der Waals surface area contributed by atoms with E-state index in [1.165, 1.54) is 12.5 Å². The largest absolute Gasteiger partial charge is 0.481 e. The molecule has 0 aromatic carbocycles. The lowest BCUT2D eigenvalue weighted by atomic mass is 10.1. The number of amides is 4.